The van der Waals surface area contributed by atoms with Crippen LogP contribution in [0.25, 0.3) is 0 Å². The van der Waals surface area contributed by atoms with Crippen LogP contribution in [0.2, 0.25) is 0 Å². The molecule has 0 radical (unpaired) electrons. The lowest BCUT2D eigenvalue weighted by Gasteiger charge is -2.18. The highest BCUT2D eigenvalue weighted by molar-refractivity contribution is 5.84. The van der Waals surface area contributed by atoms with Crippen LogP contribution < -0.4 is 0 Å². The Morgan fingerprint density at radius 1 is 0.760 bits per heavy atom. The van der Waals surface area contributed by atoms with Crippen LogP contribution in [0.1, 0.15) is 188 Å². The minimum atomic E-state index is -0.842. The summed E-state index contributed by atoms with van der Waals surface area (Å²) in [7, 11) is 0. The van der Waals surface area contributed by atoms with Crippen LogP contribution in [0.4, 0.5) is 0 Å². The fraction of sp³-hybridized carbons (Fsp3) is 0.881. The summed E-state index contributed by atoms with van der Waals surface area (Å²) >= 11 is 0. The lowest BCUT2D eigenvalue weighted by molar-refractivity contribution is -0.161. The molecule has 0 aromatic carbocycles. The third-order valence-corrected chi connectivity index (χ3v) is 10.1. The summed E-state index contributed by atoms with van der Waals surface area (Å²) in [5.41, 5.74) is 0. The Kier molecular flexibility index (Phi) is 28.5. The van der Waals surface area contributed by atoms with Crippen LogP contribution in [-0.4, -0.2) is 64.6 Å². The number of carbonyl (C=O) groups is 3. The standard InChI is InChI=1S/C42H76O8/c1-4-5-19-25-35(44)29-30-38-37(39(45)31-40(38)46)26-21-17-18-22-27-41(47)49-33-36(32-43)50-42(48)28-23-16-14-12-10-8-6-7-9-11-13-15-20-24-34(2)3/h29-30,34-38,40,43-44,46H,4-28,31-33H2,1-3H3/b30-29+/t35-,36-,37+,38+,40+/m0/s1. The molecule has 8 heteroatoms. The SMILES string of the molecule is CCCCC[C@H](O)/C=C/[C@H]1[C@H](O)CC(=O)[C@@H]1CCCCCCC(=O)OC[C@H](CO)OC(=O)CCCCCCCCCCCCCCCC(C)C. The van der Waals surface area contributed by atoms with Crippen molar-refractivity contribution in [2.45, 2.75) is 206 Å². The van der Waals surface area contributed by atoms with Gasteiger partial charge in [-0.2, -0.15) is 0 Å². The van der Waals surface area contributed by atoms with E-state index in [0.29, 0.717) is 25.7 Å². The van der Waals surface area contributed by atoms with E-state index in [1.54, 1.807) is 6.08 Å². The number of aliphatic hydroxyl groups is 3. The van der Waals surface area contributed by atoms with Crippen molar-refractivity contribution < 1.29 is 39.2 Å². The van der Waals surface area contributed by atoms with Crippen LogP contribution >= 0.6 is 0 Å². The van der Waals surface area contributed by atoms with Gasteiger partial charge < -0.3 is 24.8 Å². The molecule has 1 saturated carbocycles. The number of hydrogen-bond donors (Lipinski definition) is 3. The van der Waals surface area contributed by atoms with Crippen molar-refractivity contribution in [3.8, 4) is 0 Å². The Balaban J connectivity index is 2.06. The molecular weight excluding hydrogens is 632 g/mol. The first-order chi connectivity index (χ1) is 24.2. The third kappa shape index (κ3) is 24.4. The molecule has 0 heterocycles. The third-order valence-electron chi connectivity index (χ3n) is 10.1. The van der Waals surface area contributed by atoms with Crippen molar-refractivity contribution in [3.05, 3.63) is 12.2 Å². The number of hydrogen-bond acceptors (Lipinski definition) is 8. The molecule has 0 unspecified atom stereocenters. The van der Waals surface area contributed by atoms with Gasteiger partial charge in [0.15, 0.2) is 6.10 Å². The van der Waals surface area contributed by atoms with Crippen molar-refractivity contribution in [2.75, 3.05) is 13.2 Å². The summed E-state index contributed by atoms with van der Waals surface area (Å²) < 4.78 is 10.6. The minimum absolute atomic E-state index is 0.0833. The Bertz CT molecular complexity index is 887. The predicted octanol–water partition coefficient (Wildman–Crippen LogP) is 9.35. The van der Waals surface area contributed by atoms with E-state index < -0.39 is 18.3 Å². The van der Waals surface area contributed by atoms with E-state index in [1.165, 1.54) is 70.6 Å². The average Bonchev–Trinajstić information content (AvgIpc) is 3.35. The van der Waals surface area contributed by atoms with Crippen LogP contribution in [0.5, 0.6) is 0 Å². The first-order valence-electron chi connectivity index (χ1n) is 20.7. The zero-order chi connectivity index (χ0) is 36.8. The molecule has 50 heavy (non-hydrogen) atoms. The zero-order valence-corrected chi connectivity index (χ0v) is 32.3. The van der Waals surface area contributed by atoms with Crippen molar-refractivity contribution in [1.82, 2.24) is 0 Å². The Morgan fingerprint density at radius 2 is 1.28 bits per heavy atom. The summed E-state index contributed by atoms with van der Waals surface area (Å²) in [6, 6.07) is 0. The van der Waals surface area contributed by atoms with Crippen LogP contribution in [0.3, 0.4) is 0 Å². The van der Waals surface area contributed by atoms with Gasteiger partial charge >= 0.3 is 11.9 Å². The number of carbonyl (C=O) groups excluding carboxylic acids is 3. The molecule has 3 N–H and O–H groups in total. The molecule has 0 aromatic rings. The zero-order valence-electron chi connectivity index (χ0n) is 32.3. The second-order valence-electron chi connectivity index (χ2n) is 15.3. The molecule has 5 atom stereocenters. The molecule has 0 aromatic heterocycles. The van der Waals surface area contributed by atoms with Gasteiger partial charge in [-0.15, -0.1) is 0 Å². The number of Topliss-reactive ketones (excluding diaryl/α,β-unsaturated/α-hetero) is 1. The highest BCUT2D eigenvalue weighted by atomic mass is 16.6. The summed E-state index contributed by atoms with van der Waals surface area (Å²) in [6.07, 6.45) is 27.4. The molecule has 0 spiro atoms. The molecule has 0 amide bonds. The van der Waals surface area contributed by atoms with E-state index >= 15 is 0 Å². The van der Waals surface area contributed by atoms with E-state index in [1.807, 2.05) is 6.08 Å². The quantitative estimate of drug-likeness (QED) is 0.0349. The van der Waals surface area contributed by atoms with E-state index in [9.17, 15) is 29.7 Å². The van der Waals surface area contributed by atoms with E-state index in [0.717, 1.165) is 63.7 Å². The molecule has 292 valence electrons. The van der Waals surface area contributed by atoms with Gasteiger partial charge in [-0.25, -0.2) is 0 Å². The molecule has 0 bridgehead atoms. The molecular formula is C42H76O8. The lowest BCUT2D eigenvalue weighted by atomic mass is 9.88. The maximum absolute atomic E-state index is 12.5. The van der Waals surface area contributed by atoms with Gasteiger partial charge in [0.05, 0.1) is 18.8 Å². The second-order valence-corrected chi connectivity index (χ2v) is 15.3. The Labute approximate surface area is 305 Å². The molecule has 1 rings (SSSR count). The molecule has 0 aliphatic heterocycles. The molecule has 1 aliphatic carbocycles. The highest BCUT2D eigenvalue weighted by Gasteiger charge is 2.39. The first kappa shape index (κ1) is 46.3. The van der Waals surface area contributed by atoms with Crippen LogP contribution in [-0.2, 0) is 23.9 Å². The first-order valence-corrected chi connectivity index (χ1v) is 20.7. The maximum Gasteiger partial charge on any atom is 0.306 e. The molecule has 8 nitrogen and oxygen atoms in total. The smallest absolute Gasteiger partial charge is 0.306 e. The van der Waals surface area contributed by atoms with Crippen LogP contribution in [0.15, 0.2) is 12.2 Å². The fourth-order valence-corrected chi connectivity index (χ4v) is 6.93. The number of ketones is 1. The van der Waals surface area contributed by atoms with Crippen molar-refractivity contribution >= 4 is 17.7 Å². The van der Waals surface area contributed by atoms with Crippen molar-refractivity contribution in [2.24, 2.45) is 17.8 Å². The highest BCUT2D eigenvalue weighted by Crippen LogP contribution is 2.34. The number of unbranched alkanes of at least 4 members (excludes halogenated alkanes) is 17. The Hall–Kier alpha value is -1.77. The van der Waals surface area contributed by atoms with Crippen molar-refractivity contribution in [1.29, 1.82) is 0 Å². The van der Waals surface area contributed by atoms with Gasteiger partial charge in [-0.1, -0.05) is 155 Å². The lowest BCUT2D eigenvalue weighted by Crippen LogP contribution is -2.28. The normalized spacial score (nSPS) is 19.0. The average molecular weight is 709 g/mol. The monoisotopic (exact) mass is 709 g/mol. The van der Waals surface area contributed by atoms with Gasteiger partial charge in [-0.05, 0) is 31.6 Å². The van der Waals surface area contributed by atoms with Gasteiger partial charge in [0.1, 0.15) is 12.4 Å². The maximum atomic E-state index is 12.5. The number of aliphatic hydroxyl groups excluding tert-OH is 3. The predicted molar refractivity (Wildman–Crippen MR) is 202 cm³/mol. The van der Waals surface area contributed by atoms with Gasteiger partial charge in [0, 0.05) is 31.1 Å². The molecule has 0 saturated heterocycles. The number of rotatable bonds is 33. The fourth-order valence-electron chi connectivity index (χ4n) is 6.93. The van der Waals surface area contributed by atoms with Gasteiger partial charge in [0.2, 0.25) is 0 Å². The van der Waals surface area contributed by atoms with Gasteiger partial charge in [0.25, 0.3) is 0 Å². The second kappa shape index (κ2) is 30.8. The number of ether oxygens (including phenoxy) is 2. The van der Waals surface area contributed by atoms with E-state index in [-0.39, 0.29) is 55.6 Å². The minimum Gasteiger partial charge on any atom is -0.462 e. The van der Waals surface area contributed by atoms with E-state index in [4.69, 9.17) is 9.47 Å². The summed E-state index contributed by atoms with van der Waals surface area (Å²) in [5, 5.41) is 30.2. The Morgan fingerprint density at radius 3 is 1.84 bits per heavy atom. The molecule has 1 fully saturated rings. The number of esters is 2. The summed E-state index contributed by atoms with van der Waals surface area (Å²) in [6.45, 7) is 6.19. The molecule has 1 aliphatic rings. The van der Waals surface area contributed by atoms with E-state index in [2.05, 4.69) is 20.8 Å². The largest absolute Gasteiger partial charge is 0.462 e. The topological polar surface area (TPSA) is 130 Å². The van der Waals surface area contributed by atoms with Crippen molar-refractivity contribution in [3.63, 3.8) is 0 Å². The summed E-state index contributed by atoms with van der Waals surface area (Å²) in [4.78, 5) is 36.9. The van der Waals surface area contributed by atoms with Crippen LogP contribution in [0, 0.1) is 17.8 Å². The summed E-state index contributed by atoms with van der Waals surface area (Å²) in [5.74, 6) is -0.305. The van der Waals surface area contributed by atoms with Gasteiger partial charge in [-0.3, -0.25) is 14.4 Å².